The summed E-state index contributed by atoms with van der Waals surface area (Å²) in [6.07, 6.45) is 0.712. The summed E-state index contributed by atoms with van der Waals surface area (Å²) in [5.74, 6) is 0. The minimum atomic E-state index is -2.59. The van der Waals surface area contributed by atoms with E-state index < -0.39 is 17.1 Å². The number of ether oxygens (including phenoxy) is 1. The van der Waals surface area contributed by atoms with Crippen molar-refractivity contribution in [3.8, 4) is 0 Å². The number of fused-ring (bicyclic) bond motifs is 1. The first-order chi connectivity index (χ1) is 14.8. The minimum Gasteiger partial charge on any atom is -0.414 e. The van der Waals surface area contributed by atoms with E-state index in [-0.39, 0.29) is 18.3 Å². The van der Waals surface area contributed by atoms with Crippen LogP contribution in [0.25, 0.3) is 0 Å². The molecule has 0 N–H and O–H groups in total. The highest BCUT2D eigenvalue weighted by Crippen LogP contribution is 2.49. The maximum Gasteiger partial charge on any atom is 0.335 e. The lowest BCUT2D eigenvalue weighted by Gasteiger charge is -2.51. The number of benzene rings is 1. The van der Waals surface area contributed by atoms with Crippen molar-refractivity contribution in [2.24, 2.45) is 0 Å². The van der Waals surface area contributed by atoms with E-state index >= 15 is 0 Å². The van der Waals surface area contributed by atoms with Gasteiger partial charge in [0.1, 0.15) is 6.10 Å². The van der Waals surface area contributed by atoms with E-state index in [0.29, 0.717) is 28.8 Å². The first kappa shape index (κ1) is 27.0. The van der Waals surface area contributed by atoms with Gasteiger partial charge in [-0.3, -0.25) is 0 Å². The Labute approximate surface area is 213 Å². The molecule has 1 aromatic carbocycles. The summed E-state index contributed by atoms with van der Waals surface area (Å²) < 4.78 is 30.1. The van der Waals surface area contributed by atoms with Crippen molar-refractivity contribution in [2.45, 2.75) is 109 Å². The van der Waals surface area contributed by atoms with E-state index in [1.54, 1.807) is 0 Å². The van der Waals surface area contributed by atoms with E-state index in [1.807, 2.05) is 0 Å². The van der Waals surface area contributed by atoms with Crippen LogP contribution in [-0.4, -0.2) is 35.9 Å². The zero-order valence-corrected chi connectivity index (χ0v) is 26.2. The summed E-state index contributed by atoms with van der Waals surface area (Å²) in [7, 11) is -5.12. The van der Waals surface area contributed by atoms with Gasteiger partial charge in [-0.05, 0) is 46.3 Å². The van der Waals surface area contributed by atoms with Gasteiger partial charge in [0.15, 0.2) is 0 Å². The Morgan fingerprint density at radius 1 is 0.812 bits per heavy atom. The maximum absolute atomic E-state index is 7.28. The molecule has 0 radical (unpaired) electrons. The number of halogens is 2. The molecular formula is C24H40Br2O4Si2. The molecule has 0 saturated carbocycles. The lowest BCUT2D eigenvalue weighted by atomic mass is 10.0. The van der Waals surface area contributed by atoms with Gasteiger partial charge in [-0.2, -0.15) is 0 Å². The quantitative estimate of drug-likeness (QED) is 0.315. The van der Waals surface area contributed by atoms with Crippen LogP contribution in [0, 0.1) is 6.92 Å². The molecule has 2 aliphatic heterocycles. The van der Waals surface area contributed by atoms with Gasteiger partial charge in [-0.25, -0.2) is 0 Å². The van der Waals surface area contributed by atoms with Crippen LogP contribution in [0.1, 0.15) is 79.0 Å². The minimum absolute atomic E-state index is 0.0151. The summed E-state index contributed by atoms with van der Waals surface area (Å²) in [4.78, 5) is 0. The molecule has 2 heterocycles. The smallest absolute Gasteiger partial charge is 0.335 e. The van der Waals surface area contributed by atoms with Crippen molar-refractivity contribution in [2.75, 3.05) is 6.61 Å². The Kier molecular flexibility index (Phi) is 8.63. The average molecular weight is 609 g/mol. The first-order valence-corrected chi connectivity index (χ1v) is 17.5. The molecule has 3 atom stereocenters. The van der Waals surface area contributed by atoms with Crippen LogP contribution in [0.15, 0.2) is 21.1 Å². The van der Waals surface area contributed by atoms with Gasteiger partial charge >= 0.3 is 17.1 Å². The molecule has 0 aliphatic carbocycles. The molecule has 32 heavy (non-hydrogen) atoms. The number of hydrogen-bond acceptors (Lipinski definition) is 4. The van der Waals surface area contributed by atoms with Crippen LogP contribution in [0.2, 0.25) is 22.2 Å². The molecule has 3 rings (SSSR count). The molecule has 0 spiro atoms. The zero-order valence-electron chi connectivity index (χ0n) is 21.0. The molecule has 0 bridgehead atoms. The largest absolute Gasteiger partial charge is 0.414 e. The highest BCUT2D eigenvalue weighted by atomic mass is 79.9. The van der Waals surface area contributed by atoms with Gasteiger partial charge in [0, 0.05) is 15.4 Å². The Morgan fingerprint density at radius 3 is 1.91 bits per heavy atom. The third-order valence-electron chi connectivity index (χ3n) is 7.17. The summed E-state index contributed by atoms with van der Waals surface area (Å²) in [6, 6.07) is 4.33. The summed E-state index contributed by atoms with van der Waals surface area (Å²) >= 11 is 7.39. The van der Waals surface area contributed by atoms with Crippen molar-refractivity contribution in [1.82, 2.24) is 0 Å². The fourth-order valence-corrected chi connectivity index (χ4v) is 17.7. The van der Waals surface area contributed by atoms with Gasteiger partial charge in [0.25, 0.3) is 0 Å². The second-order valence-electron chi connectivity index (χ2n) is 10.7. The third kappa shape index (κ3) is 4.90. The fraction of sp³-hybridized carbons (Fsp3) is 0.750. The standard InChI is InChI=1S/C24H40Br2O4Si2/c1-14(2)31(15(3)4)27-13-24-23(29-32(30-31,16(5)6)17(7)8)12-22(28-24)19-10-18(9)20(25)11-21(19)26/h10-11,14-17,22-24H,12-13H2,1-9H3/t22-,23+,24-/m1/s1. The van der Waals surface area contributed by atoms with Crippen LogP contribution in [-0.2, 0) is 17.7 Å². The van der Waals surface area contributed by atoms with Crippen molar-refractivity contribution >= 4 is 49.0 Å². The highest BCUT2D eigenvalue weighted by molar-refractivity contribution is 9.11. The molecule has 2 saturated heterocycles. The Hall–Kier alpha value is 0.454. The third-order valence-corrected chi connectivity index (χ3v) is 19.0. The van der Waals surface area contributed by atoms with Crippen molar-refractivity contribution in [1.29, 1.82) is 0 Å². The Morgan fingerprint density at radius 2 is 1.38 bits per heavy atom. The fourth-order valence-electron chi connectivity index (χ4n) is 5.28. The molecule has 2 fully saturated rings. The van der Waals surface area contributed by atoms with Gasteiger partial charge < -0.3 is 17.7 Å². The van der Waals surface area contributed by atoms with Crippen molar-refractivity contribution < 1.29 is 17.7 Å². The summed E-state index contributed by atoms with van der Waals surface area (Å²) in [6.45, 7) is 20.8. The van der Waals surface area contributed by atoms with Crippen molar-refractivity contribution in [3.63, 3.8) is 0 Å². The van der Waals surface area contributed by atoms with E-state index in [1.165, 1.54) is 11.1 Å². The molecule has 2 aliphatic rings. The molecule has 1 aromatic rings. The SMILES string of the molecule is Cc1cc([C@H]2C[C@@H]3O[Si](C(C)C)(C(C)C)O[Si](C(C)C)(C(C)C)OC[C@H]3O2)c(Br)cc1Br. The van der Waals surface area contributed by atoms with E-state index in [4.69, 9.17) is 17.7 Å². The topological polar surface area (TPSA) is 36.9 Å². The van der Waals surface area contributed by atoms with Gasteiger partial charge in [0.2, 0.25) is 0 Å². The van der Waals surface area contributed by atoms with Gasteiger partial charge in [0.05, 0.1) is 18.8 Å². The molecule has 0 amide bonds. The van der Waals surface area contributed by atoms with E-state index in [0.717, 1.165) is 15.4 Å². The van der Waals surface area contributed by atoms with Gasteiger partial charge in [-0.15, -0.1) is 0 Å². The monoisotopic (exact) mass is 606 g/mol. The lowest BCUT2D eigenvalue weighted by Crippen LogP contribution is -2.65. The summed E-state index contributed by atoms with van der Waals surface area (Å²) in [5.41, 5.74) is 3.72. The Bertz CT molecular complexity index is 799. The first-order valence-electron chi connectivity index (χ1n) is 12.0. The summed E-state index contributed by atoms with van der Waals surface area (Å²) in [5, 5.41) is 0. The molecule has 0 aromatic heterocycles. The number of rotatable bonds is 5. The molecule has 4 nitrogen and oxygen atoms in total. The normalized spacial score (nSPS) is 27.8. The van der Waals surface area contributed by atoms with E-state index in [2.05, 4.69) is 106 Å². The van der Waals surface area contributed by atoms with Crippen LogP contribution in [0.5, 0.6) is 0 Å². The van der Waals surface area contributed by atoms with Crippen LogP contribution < -0.4 is 0 Å². The molecular weight excluding hydrogens is 568 g/mol. The van der Waals surface area contributed by atoms with Crippen LogP contribution >= 0.6 is 31.9 Å². The predicted octanol–water partition coefficient (Wildman–Crippen LogP) is 8.31. The van der Waals surface area contributed by atoms with Crippen LogP contribution in [0.4, 0.5) is 0 Å². The molecule has 182 valence electrons. The highest BCUT2D eigenvalue weighted by Gasteiger charge is 2.60. The van der Waals surface area contributed by atoms with Crippen molar-refractivity contribution in [3.05, 3.63) is 32.2 Å². The molecule has 8 heteroatoms. The Balaban J connectivity index is 2.02. The van der Waals surface area contributed by atoms with Crippen LogP contribution in [0.3, 0.4) is 0 Å². The average Bonchev–Trinajstić information content (AvgIpc) is 3.05. The van der Waals surface area contributed by atoms with E-state index in [9.17, 15) is 0 Å². The van der Waals surface area contributed by atoms with Gasteiger partial charge in [-0.1, -0.05) is 93.3 Å². The number of aryl methyl sites for hydroxylation is 1. The second kappa shape index (κ2) is 10.2. The molecule has 0 unspecified atom stereocenters. The number of hydrogen-bond donors (Lipinski definition) is 0. The maximum atomic E-state index is 7.28. The second-order valence-corrected chi connectivity index (χ2v) is 21.2. The zero-order chi connectivity index (χ0) is 24.0. The lowest BCUT2D eigenvalue weighted by molar-refractivity contribution is -0.0387. The predicted molar refractivity (Wildman–Crippen MR) is 143 cm³/mol.